The molecule has 3 rings (SSSR count). The quantitative estimate of drug-likeness (QED) is 0.846. The molecule has 0 bridgehead atoms. The maximum Gasteiger partial charge on any atom is 0.238 e. The van der Waals surface area contributed by atoms with E-state index in [9.17, 15) is 13.2 Å². The molecule has 2 aromatic rings. The molecule has 1 aliphatic rings. The van der Waals surface area contributed by atoms with Gasteiger partial charge in [-0.3, -0.25) is 9.89 Å². The Balaban J connectivity index is 1.62. The molecule has 1 saturated heterocycles. The van der Waals surface area contributed by atoms with Gasteiger partial charge in [-0.15, -0.1) is 0 Å². The van der Waals surface area contributed by atoms with Gasteiger partial charge in [-0.05, 0) is 18.9 Å². The zero-order valence-corrected chi connectivity index (χ0v) is 14.2. The standard InChI is InChI=1S/C16H20N4O3S/c1-24(22,23)20-9-5-8-15(20)16(21)17-11-13-10-14(19-18-13)12-6-3-2-4-7-12/h2-4,6-7,10,15H,5,8-9,11H2,1H3,(H,17,21)(H,18,19). The number of benzene rings is 1. The van der Waals surface area contributed by atoms with Crippen LogP contribution in [-0.2, 0) is 21.4 Å². The van der Waals surface area contributed by atoms with Gasteiger partial charge in [0.15, 0.2) is 0 Å². The molecule has 1 atom stereocenters. The molecular formula is C16H20N4O3S. The fourth-order valence-corrected chi connectivity index (χ4v) is 4.03. The molecule has 1 unspecified atom stereocenters. The Hall–Kier alpha value is -2.19. The van der Waals surface area contributed by atoms with E-state index in [0.29, 0.717) is 19.4 Å². The van der Waals surface area contributed by atoms with Crippen LogP contribution in [0.1, 0.15) is 18.5 Å². The number of amides is 1. The van der Waals surface area contributed by atoms with Crippen molar-refractivity contribution in [1.82, 2.24) is 19.8 Å². The second kappa shape index (κ2) is 6.74. The van der Waals surface area contributed by atoms with Crippen LogP contribution in [0.4, 0.5) is 0 Å². The molecule has 1 amide bonds. The van der Waals surface area contributed by atoms with Gasteiger partial charge in [0.2, 0.25) is 15.9 Å². The number of sulfonamides is 1. The van der Waals surface area contributed by atoms with E-state index in [4.69, 9.17) is 0 Å². The van der Waals surface area contributed by atoms with Crippen molar-refractivity contribution in [3.8, 4) is 11.3 Å². The first kappa shape index (κ1) is 16.7. The molecule has 0 saturated carbocycles. The van der Waals surface area contributed by atoms with Gasteiger partial charge in [0, 0.05) is 12.1 Å². The van der Waals surface area contributed by atoms with Crippen LogP contribution in [0.3, 0.4) is 0 Å². The Labute approximate surface area is 141 Å². The summed E-state index contributed by atoms with van der Waals surface area (Å²) in [5, 5.41) is 9.92. The van der Waals surface area contributed by atoms with Crippen LogP contribution in [0, 0.1) is 0 Å². The maximum atomic E-state index is 12.3. The maximum absolute atomic E-state index is 12.3. The molecule has 128 valence electrons. The van der Waals surface area contributed by atoms with Gasteiger partial charge in [-0.1, -0.05) is 30.3 Å². The summed E-state index contributed by atoms with van der Waals surface area (Å²) in [4.78, 5) is 12.3. The molecule has 1 aliphatic heterocycles. The number of carbonyl (C=O) groups excluding carboxylic acids is 1. The lowest BCUT2D eigenvalue weighted by Gasteiger charge is -2.21. The molecule has 0 aliphatic carbocycles. The Morgan fingerprint density at radius 1 is 1.38 bits per heavy atom. The summed E-state index contributed by atoms with van der Waals surface area (Å²) >= 11 is 0. The van der Waals surface area contributed by atoms with Crippen LogP contribution in [0.2, 0.25) is 0 Å². The average Bonchev–Trinajstić information content (AvgIpc) is 3.22. The number of hydrogen-bond donors (Lipinski definition) is 2. The van der Waals surface area contributed by atoms with Crippen LogP contribution in [0.15, 0.2) is 36.4 Å². The number of hydrogen-bond acceptors (Lipinski definition) is 4. The van der Waals surface area contributed by atoms with Crippen molar-refractivity contribution in [2.24, 2.45) is 0 Å². The summed E-state index contributed by atoms with van der Waals surface area (Å²) in [7, 11) is -3.36. The Morgan fingerprint density at radius 2 is 2.12 bits per heavy atom. The summed E-state index contributed by atoms with van der Waals surface area (Å²) < 4.78 is 24.7. The van der Waals surface area contributed by atoms with Gasteiger partial charge in [0.25, 0.3) is 0 Å². The number of aromatic nitrogens is 2. The third-order valence-corrected chi connectivity index (χ3v) is 5.37. The Morgan fingerprint density at radius 3 is 2.83 bits per heavy atom. The lowest BCUT2D eigenvalue weighted by molar-refractivity contribution is -0.124. The zero-order valence-electron chi connectivity index (χ0n) is 13.4. The highest BCUT2D eigenvalue weighted by atomic mass is 32.2. The summed E-state index contributed by atoms with van der Waals surface area (Å²) in [5.41, 5.74) is 2.56. The van der Waals surface area contributed by atoms with Crippen molar-refractivity contribution in [2.75, 3.05) is 12.8 Å². The summed E-state index contributed by atoms with van der Waals surface area (Å²) in [6, 6.07) is 11.0. The fraction of sp³-hybridized carbons (Fsp3) is 0.375. The van der Waals surface area contributed by atoms with Gasteiger partial charge in [-0.2, -0.15) is 9.40 Å². The van der Waals surface area contributed by atoms with E-state index in [0.717, 1.165) is 23.2 Å². The first-order chi connectivity index (χ1) is 11.4. The van der Waals surface area contributed by atoms with Crippen LogP contribution >= 0.6 is 0 Å². The normalized spacial score (nSPS) is 18.6. The molecule has 2 heterocycles. The van der Waals surface area contributed by atoms with E-state index in [1.807, 2.05) is 36.4 Å². The molecule has 7 nitrogen and oxygen atoms in total. The Bertz CT molecular complexity index is 817. The van der Waals surface area contributed by atoms with Crippen molar-refractivity contribution in [1.29, 1.82) is 0 Å². The van der Waals surface area contributed by atoms with Crippen molar-refractivity contribution >= 4 is 15.9 Å². The third-order valence-electron chi connectivity index (χ3n) is 4.09. The molecule has 24 heavy (non-hydrogen) atoms. The second-order valence-corrected chi connectivity index (χ2v) is 7.83. The van der Waals surface area contributed by atoms with E-state index in [-0.39, 0.29) is 12.5 Å². The predicted octanol–water partition coefficient (Wildman–Crippen LogP) is 1.12. The van der Waals surface area contributed by atoms with E-state index in [1.54, 1.807) is 0 Å². The SMILES string of the molecule is CS(=O)(=O)N1CCCC1C(=O)NCc1cc(-c2ccccc2)n[nH]1. The smallest absolute Gasteiger partial charge is 0.238 e. The highest BCUT2D eigenvalue weighted by Gasteiger charge is 2.36. The van der Waals surface area contributed by atoms with E-state index in [1.165, 1.54) is 4.31 Å². The first-order valence-electron chi connectivity index (χ1n) is 7.79. The summed E-state index contributed by atoms with van der Waals surface area (Å²) in [6.45, 7) is 0.686. The average molecular weight is 348 g/mol. The zero-order chi connectivity index (χ0) is 17.2. The third kappa shape index (κ3) is 3.65. The molecule has 1 aromatic carbocycles. The number of nitrogens with one attached hydrogen (secondary N) is 2. The molecule has 1 aromatic heterocycles. The van der Waals surface area contributed by atoms with Crippen molar-refractivity contribution < 1.29 is 13.2 Å². The molecule has 8 heteroatoms. The Kier molecular flexibility index (Phi) is 4.68. The monoisotopic (exact) mass is 348 g/mol. The number of rotatable bonds is 5. The number of carbonyl (C=O) groups is 1. The lowest BCUT2D eigenvalue weighted by Crippen LogP contribution is -2.45. The van der Waals surface area contributed by atoms with E-state index >= 15 is 0 Å². The highest BCUT2D eigenvalue weighted by Crippen LogP contribution is 2.21. The van der Waals surface area contributed by atoms with Gasteiger partial charge < -0.3 is 5.32 Å². The topological polar surface area (TPSA) is 95.2 Å². The molecular weight excluding hydrogens is 328 g/mol. The second-order valence-electron chi connectivity index (χ2n) is 5.89. The summed E-state index contributed by atoms with van der Waals surface area (Å²) in [5.74, 6) is -0.270. The molecule has 0 spiro atoms. The van der Waals surface area contributed by atoms with E-state index < -0.39 is 16.1 Å². The largest absolute Gasteiger partial charge is 0.349 e. The minimum atomic E-state index is -3.36. The minimum absolute atomic E-state index is 0.270. The molecule has 0 radical (unpaired) electrons. The van der Waals surface area contributed by atoms with Gasteiger partial charge >= 0.3 is 0 Å². The van der Waals surface area contributed by atoms with Crippen LogP contribution in [-0.4, -0.2) is 47.7 Å². The van der Waals surface area contributed by atoms with Crippen LogP contribution < -0.4 is 5.32 Å². The fourth-order valence-electron chi connectivity index (χ4n) is 2.91. The van der Waals surface area contributed by atoms with Gasteiger partial charge in [0.05, 0.1) is 24.2 Å². The van der Waals surface area contributed by atoms with Gasteiger partial charge in [-0.25, -0.2) is 8.42 Å². The van der Waals surface area contributed by atoms with Crippen molar-refractivity contribution in [3.63, 3.8) is 0 Å². The first-order valence-corrected chi connectivity index (χ1v) is 9.64. The number of aromatic amines is 1. The van der Waals surface area contributed by atoms with Crippen molar-refractivity contribution in [2.45, 2.75) is 25.4 Å². The lowest BCUT2D eigenvalue weighted by atomic mass is 10.1. The number of H-pyrrole nitrogens is 1. The number of nitrogens with zero attached hydrogens (tertiary/aromatic N) is 2. The van der Waals surface area contributed by atoms with Gasteiger partial charge in [0.1, 0.15) is 6.04 Å². The van der Waals surface area contributed by atoms with Crippen LogP contribution in [0.5, 0.6) is 0 Å². The predicted molar refractivity (Wildman–Crippen MR) is 90.4 cm³/mol. The molecule has 2 N–H and O–H groups in total. The highest BCUT2D eigenvalue weighted by molar-refractivity contribution is 7.88. The summed E-state index contributed by atoms with van der Waals surface area (Å²) in [6.07, 6.45) is 2.39. The van der Waals surface area contributed by atoms with E-state index in [2.05, 4.69) is 15.5 Å². The van der Waals surface area contributed by atoms with Crippen molar-refractivity contribution in [3.05, 3.63) is 42.1 Å². The molecule has 1 fully saturated rings. The van der Waals surface area contributed by atoms with Crippen LogP contribution in [0.25, 0.3) is 11.3 Å². The minimum Gasteiger partial charge on any atom is -0.349 e.